The molecule has 0 unspecified atom stereocenters. The van der Waals surface area contributed by atoms with Gasteiger partial charge in [0.2, 0.25) is 0 Å². The second kappa shape index (κ2) is 16.1. The summed E-state index contributed by atoms with van der Waals surface area (Å²) in [5.41, 5.74) is 0. The molecule has 0 aromatic carbocycles. The molecule has 0 saturated heterocycles. The predicted octanol–water partition coefficient (Wildman–Crippen LogP) is -0.310. The first kappa shape index (κ1) is 15.7. The molecule has 0 amide bonds. The van der Waals surface area contributed by atoms with Gasteiger partial charge in [0.1, 0.15) is 0 Å². The summed E-state index contributed by atoms with van der Waals surface area (Å²) in [5.74, 6) is 0. The van der Waals surface area contributed by atoms with Crippen LogP contribution in [0.2, 0.25) is 0 Å². The Bertz CT molecular complexity index is 43.0. The summed E-state index contributed by atoms with van der Waals surface area (Å²) in [5, 5.41) is 0. The second-order valence-corrected chi connectivity index (χ2v) is 0.848. The van der Waals surface area contributed by atoms with Gasteiger partial charge in [-0.05, 0) is 0 Å². The van der Waals surface area contributed by atoms with Crippen LogP contribution in [0, 0.1) is 7.43 Å². The zero-order valence-electron chi connectivity index (χ0n) is 3.54. The van der Waals surface area contributed by atoms with Gasteiger partial charge in [0.05, 0.1) is 0 Å². The Labute approximate surface area is 50.3 Å². The van der Waals surface area contributed by atoms with E-state index < -0.39 is 8.25 Å². The Morgan fingerprint density at radius 2 is 1.29 bits per heavy atom. The van der Waals surface area contributed by atoms with Crippen molar-refractivity contribution in [1.29, 1.82) is 0 Å². The Morgan fingerprint density at radius 1 is 1.29 bits per heavy atom. The van der Waals surface area contributed by atoms with Crippen molar-refractivity contribution in [2.75, 3.05) is 0 Å². The average molecular weight is 172 g/mol. The maximum atomic E-state index is 8.74. The molecule has 0 aromatic heterocycles. The van der Waals surface area contributed by atoms with Crippen LogP contribution >= 0.6 is 8.25 Å². The van der Waals surface area contributed by atoms with Gasteiger partial charge in [0.25, 0.3) is 0 Å². The van der Waals surface area contributed by atoms with E-state index >= 15 is 0 Å². The summed E-state index contributed by atoms with van der Waals surface area (Å²) < 4.78 is 16.7. The van der Waals surface area contributed by atoms with Crippen molar-refractivity contribution in [1.82, 2.24) is 0 Å². The molecule has 0 saturated carbocycles. The van der Waals surface area contributed by atoms with Gasteiger partial charge in [0.15, 0.2) is 0 Å². The topological polar surface area (TPSA) is 74.6 Å². The van der Waals surface area contributed by atoms with Gasteiger partial charge in [-0.3, -0.25) is 4.57 Å². The average Bonchev–Trinajstić information content (AvgIpc) is 1.41. The number of hydrogen-bond donors (Lipinski definition) is 2. The molecule has 6 heteroatoms. The fraction of sp³-hybridized carbons (Fsp3) is 0. The fourth-order valence-electron chi connectivity index (χ4n) is 0. The molecule has 0 aromatic rings. The first-order valence-electron chi connectivity index (χ1n) is 0.787. The standard InChI is InChI=1S/CH3.Co.H3O3P.O/c;;1-4(2)3;/h1H3;;4H,(H2,1,2,3);/q-1;;;. The van der Waals surface area contributed by atoms with Crippen molar-refractivity contribution in [3.63, 3.8) is 0 Å². The van der Waals surface area contributed by atoms with E-state index in [1.54, 1.807) is 0 Å². The predicted molar refractivity (Wildman–Crippen MR) is 20.5 cm³/mol. The van der Waals surface area contributed by atoms with Crippen LogP contribution in [-0.2, 0) is 24.1 Å². The molecule has 4 nitrogen and oxygen atoms in total. The van der Waals surface area contributed by atoms with Gasteiger partial charge in [-0.15, -0.1) is 0 Å². The van der Waals surface area contributed by atoms with Gasteiger partial charge < -0.3 is 17.2 Å². The van der Waals surface area contributed by atoms with Crippen LogP contribution in [0.25, 0.3) is 0 Å². The van der Waals surface area contributed by atoms with Crippen molar-refractivity contribution in [2.45, 2.75) is 0 Å². The zero-order valence-corrected chi connectivity index (χ0v) is 5.59. The molecule has 7 heavy (non-hydrogen) atoms. The monoisotopic (exact) mass is 172 g/mol. The van der Waals surface area contributed by atoms with Crippen molar-refractivity contribution in [3.05, 3.63) is 7.43 Å². The van der Waals surface area contributed by atoms with Crippen molar-refractivity contribution >= 4 is 8.25 Å². The third kappa shape index (κ3) is 615. The minimum atomic E-state index is -3.13. The van der Waals surface area contributed by atoms with E-state index in [9.17, 15) is 0 Å². The maximum absolute atomic E-state index is 8.74. The van der Waals surface area contributed by atoms with Crippen LogP contribution in [0.4, 0.5) is 0 Å². The molecule has 0 radical (unpaired) electrons. The van der Waals surface area contributed by atoms with E-state index in [-0.39, 0.29) is 7.43 Å². The van der Waals surface area contributed by atoms with Crippen LogP contribution in [-0.4, -0.2) is 9.79 Å². The summed E-state index contributed by atoms with van der Waals surface area (Å²) in [7, 11) is -3.13. The molecular formula is CH6CoO4P-. The fourth-order valence-corrected chi connectivity index (χ4v) is 0. The molecule has 0 rings (SSSR count). The number of hydrogen-bond acceptors (Lipinski definition) is 2. The van der Waals surface area contributed by atoms with Crippen LogP contribution in [0.5, 0.6) is 0 Å². The Hall–Kier alpha value is 0.456. The molecule has 2 N–H and O–H groups in total. The molecule has 0 heterocycles. The third-order valence-corrected chi connectivity index (χ3v) is 0. The SMILES string of the molecule is O=[PH](O)O.[CH3-].[O]=[Co]. The first-order valence-corrected chi connectivity index (χ1v) is 2.52. The molecule has 0 bridgehead atoms. The second-order valence-electron chi connectivity index (χ2n) is 0.283. The van der Waals surface area contributed by atoms with Gasteiger partial charge in [-0.1, -0.05) is 0 Å². The Kier molecular flexibility index (Phi) is 36.0. The number of rotatable bonds is 0. The van der Waals surface area contributed by atoms with E-state index in [0.717, 1.165) is 0 Å². The van der Waals surface area contributed by atoms with Crippen LogP contribution < -0.4 is 0 Å². The molecule has 0 aliphatic carbocycles. The summed E-state index contributed by atoms with van der Waals surface area (Å²) >= 11 is 2.31. The summed E-state index contributed by atoms with van der Waals surface area (Å²) in [4.78, 5) is 14.3. The van der Waals surface area contributed by atoms with Gasteiger partial charge in [-0.25, -0.2) is 0 Å². The van der Waals surface area contributed by atoms with Gasteiger partial charge >= 0.3 is 27.8 Å². The quantitative estimate of drug-likeness (QED) is 0.388. The molecule has 49 valence electrons. The van der Waals surface area contributed by atoms with Crippen LogP contribution in [0.1, 0.15) is 0 Å². The molecular weight excluding hydrogens is 166 g/mol. The first-order chi connectivity index (χ1) is 2.73. The Morgan fingerprint density at radius 3 is 1.29 bits per heavy atom. The van der Waals surface area contributed by atoms with E-state index in [4.69, 9.17) is 18.2 Å². The molecule has 0 aliphatic heterocycles. The minimum absolute atomic E-state index is 0. The van der Waals surface area contributed by atoms with Gasteiger partial charge in [-0.2, -0.15) is 0 Å². The molecule has 0 spiro atoms. The Balaban J connectivity index is -0.0000000480. The summed E-state index contributed by atoms with van der Waals surface area (Å²) in [6.07, 6.45) is 0. The molecule has 0 atom stereocenters. The van der Waals surface area contributed by atoms with Crippen molar-refractivity contribution < 1.29 is 33.9 Å². The van der Waals surface area contributed by atoms with Crippen molar-refractivity contribution in [3.8, 4) is 0 Å². The summed E-state index contributed by atoms with van der Waals surface area (Å²) in [6, 6.07) is 0. The van der Waals surface area contributed by atoms with Gasteiger partial charge in [0, 0.05) is 0 Å². The molecule has 0 fully saturated rings. The van der Waals surface area contributed by atoms with Crippen LogP contribution in [0.15, 0.2) is 0 Å². The summed E-state index contributed by atoms with van der Waals surface area (Å²) in [6.45, 7) is 0. The van der Waals surface area contributed by atoms with Crippen LogP contribution in [0.3, 0.4) is 0 Å². The third-order valence-electron chi connectivity index (χ3n) is 0. The van der Waals surface area contributed by atoms with E-state index in [1.807, 2.05) is 0 Å². The zero-order chi connectivity index (χ0) is 5.58. The van der Waals surface area contributed by atoms with Crippen molar-refractivity contribution in [2.24, 2.45) is 0 Å². The normalized spacial score (nSPS) is 5.71. The van der Waals surface area contributed by atoms with E-state index in [2.05, 4.69) is 15.7 Å². The molecule has 0 aliphatic rings. The van der Waals surface area contributed by atoms with E-state index in [0.29, 0.717) is 0 Å². The van der Waals surface area contributed by atoms with E-state index in [1.165, 1.54) is 0 Å².